The van der Waals surface area contributed by atoms with Gasteiger partial charge in [-0.25, -0.2) is 0 Å². The molecule has 0 heterocycles. The molecule has 1 aromatic carbocycles. The van der Waals surface area contributed by atoms with Crippen LogP contribution in [0.2, 0.25) is 0 Å². The minimum atomic E-state index is 0.0479. The van der Waals surface area contributed by atoms with E-state index in [4.69, 9.17) is 15.9 Å². The number of hydrogen-bond donors (Lipinski definition) is 2. The van der Waals surface area contributed by atoms with Crippen LogP contribution in [0.25, 0.3) is 0 Å². The molecule has 0 bridgehead atoms. The fraction of sp³-hybridized carbons (Fsp3) is 0.429. The van der Waals surface area contributed by atoms with Gasteiger partial charge in [-0.2, -0.15) is 0 Å². The second-order valence-corrected chi connectivity index (χ2v) is 4.18. The van der Waals surface area contributed by atoms with Crippen molar-refractivity contribution < 1.29 is 9.53 Å². The summed E-state index contributed by atoms with van der Waals surface area (Å²) in [7, 11) is 0. The summed E-state index contributed by atoms with van der Waals surface area (Å²) in [5, 5.41) is 7.26. The van der Waals surface area contributed by atoms with Gasteiger partial charge in [-0.15, -0.1) is 0 Å². The number of hydrogen-bond acceptors (Lipinski definition) is 3. The van der Waals surface area contributed by atoms with Gasteiger partial charge in [0.05, 0.1) is 6.61 Å². The first kappa shape index (κ1) is 14.2. The number of nitrogen functional groups attached to an aromatic ring is 1. The maximum Gasteiger partial charge on any atom is 0.133 e. The van der Waals surface area contributed by atoms with Gasteiger partial charge in [-0.05, 0) is 37.1 Å². The molecule has 98 valence electrons. The molecule has 0 fully saturated rings. The lowest BCUT2D eigenvalue weighted by Gasteiger charge is -2.06. The van der Waals surface area contributed by atoms with Crippen molar-refractivity contribution in [2.45, 2.75) is 32.6 Å². The maximum absolute atomic E-state index is 11.3. The Labute approximate surface area is 108 Å². The highest BCUT2D eigenvalue weighted by Crippen LogP contribution is 2.12. The molecular formula is C14H20N2O2. The molecule has 0 saturated carbocycles. The smallest absolute Gasteiger partial charge is 0.133 e. The first-order chi connectivity index (χ1) is 8.63. The van der Waals surface area contributed by atoms with E-state index < -0.39 is 0 Å². The maximum atomic E-state index is 11.3. The van der Waals surface area contributed by atoms with E-state index in [2.05, 4.69) is 0 Å². The Morgan fingerprint density at radius 2 is 1.94 bits per heavy atom. The van der Waals surface area contributed by atoms with Crippen LogP contribution in [0.15, 0.2) is 24.3 Å². The second kappa shape index (κ2) is 7.48. The van der Waals surface area contributed by atoms with Crippen molar-refractivity contribution in [3.63, 3.8) is 0 Å². The Kier molecular flexibility index (Phi) is 5.91. The lowest BCUT2D eigenvalue weighted by Crippen LogP contribution is -2.10. The van der Waals surface area contributed by atoms with Crippen molar-refractivity contribution in [1.82, 2.24) is 0 Å². The monoisotopic (exact) mass is 248 g/mol. The van der Waals surface area contributed by atoms with E-state index in [0.29, 0.717) is 30.8 Å². The van der Waals surface area contributed by atoms with Crippen LogP contribution in [0.1, 0.15) is 38.2 Å². The van der Waals surface area contributed by atoms with Gasteiger partial charge in [-0.3, -0.25) is 10.2 Å². The lowest BCUT2D eigenvalue weighted by atomic mass is 10.1. The van der Waals surface area contributed by atoms with Gasteiger partial charge >= 0.3 is 0 Å². The Morgan fingerprint density at radius 1 is 1.28 bits per heavy atom. The van der Waals surface area contributed by atoms with Crippen molar-refractivity contribution in [3.8, 4) is 5.75 Å². The number of benzene rings is 1. The molecule has 0 radical (unpaired) electrons. The molecular weight excluding hydrogens is 228 g/mol. The summed E-state index contributed by atoms with van der Waals surface area (Å²) < 4.78 is 5.51. The van der Waals surface area contributed by atoms with Crippen LogP contribution in [0.3, 0.4) is 0 Å². The summed E-state index contributed by atoms with van der Waals surface area (Å²) in [5.74, 6) is 1.09. The molecule has 0 unspecified atom stereocenters. The largest absolute Gasteiger partial charge is 0.494 e. The minimum Gasteiger partial charge on any atom is -0.494 e. The molecule has 0 spiro atoms. The highest BCUT2D eigenvalue weighted by molar-refractivity contribution is 5.94. The quantitative estimate of drug-likeness (QED) is 0.421. The number of carbonyl (C=O) groups is 1. The molecule has 0 amide bonds. The summed E-state index contributed by atoms with van der Waals surface area (Å²) in [4.78, 5) is 11.3. The van der Waals surface area contributed by atoms with Crippen molar-refractivity contribution in [3.05, 3.63) is 29.8 Å². The molecule has 18 heavy (non-hydrogen) atoms. The Morgan fingerprint density at radius 3 is 2.50 bits per heavy atom. The number of ether oxygens (including phenoxy) is 1. The third-order valence-corrected chi connectivity index (χ3v) is 2.56. The first-order valence-corrected chi connectivity index (χ1v) is 6.22. The van der Waals surface area contributed by atoms with Crippen LogP contribution in [0.5, 0.6) is 5.75 Å². The van der Waals surface area contributed by atoms with Crippen LogP contribution in [0, 0.1) is 5.41 Å². The molecule has 0 atom stereocenters. The van der Waals surface area contributed by atoms with Gasteiger partial charge in [0.15, 0.2) is 0 Å². The zero-order valence-electron chi connectivity index (χ0n) is 10.7. The third kappa shape index (κ3) is 4.99. The highest BCUT2D eigenvalue weighted by atomic mass is 16.5. The molecule has 0 aliphatic heterocycles. The SMILES string of the molecule is CCCC(=O)CCCOc1ccc(C(=N)N)cc1. The van der Waals surface area contributed by atoms with Crippen LogP contribution >= 0.6 is 0 Å². The molecule has 1 aromatic rings. The highest BCUT2D eigenvalue weighted by Gasteiger charge is 2.01. The number of rotatable bonds is 8. The predicted octanol–water partition coefficient (Wildman–Crippen LogP) is 2.50. The van der Waals surface area contributed by atoms with E-state index in [-0.39, 0.29) is 5.84 Å². The van der Waals surface area contributed by atoms with E-state index in [0.717, 1.165) is 18.6 Å². The molecule has 0 aliphatic rings. The number of amidine groups is 1. The summed E-state index contributed by atoms with van der Waals surface area (Å²) in [5.41, 5.74) is 6.03. The summed E-state index contributed by atoms with van der Waals surface area (Å²) in [6, 6.07) is 7.06. The van der Waals surface area contributed by atoms with E-state index in [1.54, 1.807) is 24.3 Å². The Bertz CT molecular complexity index is 399. The average molecular weight is 248 g/mol. The summed E-state index contributed by atoms with van der Waals surface area (Å²) in [6.45, 7) is 2.54. The standard InChI is InChI=1S/C14H20N2O2/c1-2-4-12(17)5-3-10-18-13-8-6-11(7-9-13)14(15)16/h6-9H,2-5,10H2,1H3,(H3,15,16). The summed E-state index contributed by atoms with van der Waals surface area (Å²) >= 11 is 0. The number of nitrogens with two attached hydrogens (primary N) is 1. The summed E-state index contributed by atoms with van der Waals surface area (Å²) in [6.07, 6.45) is 2.90. The number of nitrogens with one attached hydrogen (secondary N) is 1. The Hall–Kier alpha value is -1.84. The number of ketones is 1. The second-order valence-electron chi connectivity index (χ2n) is 4.18. The normalized spacial score (nSPS) is 10.1. The molecule has 3 N–H and O–H groups in total. The minimum absolute atomic E-state index is 0.0479. The predicted molar refractivity (Wildman–Crippen MR) is 72.1 cm³/mol. The third-order valence-electron chi connectivity index (χ3n) is 2.56. The van der Waals surface area contributed by atoms with Crippen molar-refractivity contribution in [2.75, 3.05) is 6.61 Å². The number of Topliss-reactive ketones (excluding diaryl/α,β-unsaturated/α-hetero) is 1. The first-order valence-electron chi connectivity index (χ1n) is 6.22. The van der Waals surface area contributed by atoms with Gasteiger partial charge < -0.3 is 10.5 Å². The lowest BCUT2D eigenvalue weighted by molar-refractivity contribution is -0.119. The fourth-order valence-corrected chi connectivity index (χ4v) is 1.59. The van der Waals surface area contributed by atoms with E-state index in [1.807, 2.05) is 6.92 Å². The van der Waals surface area contributed by atoms with E-state index in [1.165, 1.54) is 0 Å². The van der Waals surface area contributed by atoms with Gasteiger partial charge in [-0.1, -0.05) is 6.92 Å². The Balaban J connectivity index is 2.27. The van der Waals surface area contributed by atoms with Crippen LogP contribution in [0.4, 0.5) is 0 Å². The fourth-order valence-electron chi connectivity index (χ4n) is 1.59. The molecule has 4 heteroatoms. The molecule has 0 aliphatic carbocycles. The molecule has 0 aromatic heterocycles. The van der Waals surface area contributed by atoms with Crippen LogP contribution in [-0.2, 0) is 4.79 Å². The van der Waals surface area contributed by atoms with E-state index >= 15 is 0 Å². The van der Waals surface area contributed by atoms with Crippen molar-refractivity contribution in [2.24, 2.45) is 5.73 Å². The van der Waals surface area contributed by atoms with E-state index in [9.17, 15) is 4.79 Å². The zero-order valence-corrected chi connectivity index (χ0v) is 10.7. The van der Waals surface area contributed by atoms with Gasteiger partial charge in [0.25, 0.3) is 0 Å². The van der Waals surface area contributed by atoms with Crippen LogP contribution in [-0.4, -0.2) is 18.2 Å². The van der Waals surface area contributed by atoms with Crippen molar-refractivity contribution in [1.29, 1.82) is 5.41 Å². The average Bonchev–Trinajstić information content (AvgIpc) is 2.35. The van der Waals surface area contributed by atoms with Gasteiger partial charge in [0, 0.05) is 18.4 Å². The van der Waals surface area contributed by atoms with Gasteiger partial charge in [0.2, 0.25) is 0 Å². The number of carbonyl (C=O) groups excluding carboxylic acids is 1. The van der Waals surface area contributed by atoms with Crippen molar-refractivity contribution >= 4 is 11.6 Å². The van der Waals surface area contributed by atoms with Crippen LogP contribution < -0.4 is 10.5 Å². The molecule has 4 nitrogen and oxygen atoms in total. The molecule has 0 saturated heterocycles. The zero-order chi connectivity index (χ0) is 13.4. The molecule has 1 rings (SSSR count). The van der Waals surface area contributed by atoms with Gasteiger partial charge in [0.1, 0.15) is 17.4 Å². The topological polar surface area (TPSA) is 76.2 Å².